The maximum atomic E-state index is 13.9. The van der Waals surface area contributed by atoms with Gasteiger partial charge in [-0.15, -0.1) is 0 Å². The van der Waals surface area contributed by atoms with Gasteiger partial charge in [-0.3, -0.25) is 4.79 Å². The van der Waals surface area contributed by atoms with E-state index in [0.717, 1.165) is 37.3 Å². The van der Waals surface area contributed by atoms with E-state index in [2.05, 4.69) is 32.5 Å². The topological polar surface area (TPSA) is 108 Å². The second-order valence-electron chi connectivity index (χ2n) is 9.46. The normalized spacial score (nSPS) is 18.1. The molecule has 2 aromatic rings. The van der Waals surface area contributed by atoms with E-state index in [1.54, 1.807) is 12.1 Å². The molecular weight excluding hydrogens is 501 g/mol. The number of halogens is 3. The highest BCUT2D eigenvalue weighted by Gasteiger charge is 2.36. The van der Waals surface area contributed by atoms with Crippen LogP contribution in [0.5, 0.6) is 0 Å². The van der Waals surface area contributed by atoms with Crippen molar-refractivity contribution in [3.05, 3.63) is 48.2 Å². The summed E-state index contributed by atoms with van der Waals surface area (Å²) in [6.07, 6.45) is 2.27. The number of anilines is 4. The lowest BCUT2D eigenvalue weighted by atomic mass is 9.96. The summed E-state index contributed by atoms with van der Waals surface area (Å²) in [7, 11) is 1.29. The number of rotatable bonds is 7. The highest BCUT2D eigenvalue weighted by molar-refractivity contribution is 6.01. The van der Waals surface area contributed by atoms with E-state index < -0.39 is 29.6 Å². The Morgan fingerprint density at radius 2 is 1.92 bits per heavy atom. The molecule has 4 rings (SSSR count). The number of aromatic nitrogens is 2. The van der Waals surface area contributed by atoms with Crippen LogP contribution in [-0.2, 0) is 15.7 Å². The predicted octanol–water partition coefficient (Wildman–Crippen LogP) is 5.66. The zero-order chi connectivity index (χ0) is 27.3. The molecule has 2 amide bonds. The Kier molecular flexibility index (Phi) is 8.38. The summed E-state index contributed by atoms with van der Waals surface area (Å²) in [6.45, 7) is 4.30. The van der Waals surface area contributed by atoms with Crippen LogP contribution in [0.4, 0.5) is 41.1 Å². The van der Waals surface area contributed by atoms with Crippen LogP contribution in [0.2, 0.25) is 0 Å². The second-order valence-corrected chi connectivity index (χ2v) is 9.46. The van der Waals surface area contributed by atoms with Gasteiger partial charge in [0, 0.05) is 25.3 Å². The fourth-order valence-corrected chi connectivity index (χ4v) is 4.93. The molecule has 0 unspecified atom stereocenters. The highest BCUT2D eigenvalue weighted by atomic mass is 19.4. The zero-order valence-electron chi connectivity index (χ0n) is 21.1. The molecule has 0 spiro atoms. The fourth-order valence-electron chi connectivity index (χ4n) is 4.93. The lowest BCUT2D eigenvalue weighted by molar-refractivity contribution is -0.137. The van der Waals surface area contributed by atoms with E-state index in [-0.39, 0.29) is 17.7 Å². The zero-order valence-corrected chi connectivity index (χ0v) is 21.1. The molecule has 1 aromatic heterocycles. The first-order chi connectivity index (χ1) is 18.2. The largest absolute Gasteiger partial charge is 0.453 e. The number of ether oxygens (including phenoxy) is 1. The molecule has 1 saturated heterocycles. The number of benzene rings is 1. The maximum Gasteiger partial charge on any atom is 0.421 e. The van der Waals surface area contributed by atoms with Gasteiger partial charge in [-0.1, -0.05) is 25.5 Å². The number of hydrogen-bond acceptors (Lipinski definition) is 7. The third-order valence-electron chi connectivity index (χ3n) is 6.85. The van der Waals surface area contributed by atoms with Crippen LogP contribution in [0, 0.1) is 0 Å². The van der Waals surface area contributed by atoms with Gasteiger partial charge in [0.1, 0.15) is 11.4 Å². The summed E-state index contributed by atoms with van der Waals surface area (Å²) < 4.78 is 46.4. The molecule has 204 valence electrons. The first-order valence-corrected chi connectivity index (χ1v) is 12.6. The Hall–Kier alpha value is -3.83. The average molecular weight is 533 g/mol. The number of piperidine rings is 1. The number of nitrogens with zero attached hydrogens (tertiary/aromatic N) is 3. The summed E-state index contributed by atoms with van der Waals surface area (Å²) in [5.41, 5.74) is 0.554. The van der Waals surface area contributed by atoms with Gasteiger partial charge >= 0.3 is 12.3 Å². The Balaban J connectivity index is 1.63. The highest BCUT2D eigenvalue weighted by Crippen LogP contribution is 2.39. The maximum absolute atomic E-state index is 13.9. The van der Waals surface area contributed by atoms with E-state index in [1.165, 1.54) is 12.0 Å². The van der Waals surface area contributed by atoms with Crippen molar-refractivity contribution in [3.8, 4) is 0 Å². The molecule has 0 bridgehead atoms. The number of carbonyl (C=O) groups excluding carboxylic acids is 2. The third-order valence-corrected chi connectivity index (χ3v) is 6.85. The summed E-state index contributed by atoms with van der Waals surface area (Å²) in [6, 6.07) is 5.04. The SMILES string of the molecule is C=CC(=O)Nc1cc(C2CCCC2)ccc1Nc1nc(N[C@H]2CCCN(C(=O)OC)C2)ncc1C(F)(F)F. The summed E-state index contributed by atoms with van der Waals surface area (Å²) >= 11 is 0. The van der Waals surface area contributed by atoms with Crippen molar-refractivity contribution in [2.45, 2.75) is 56.7 Å². The van der Waals surface area contributed by atoms with Crippen LogP contribution in [0.15, 0.2) is 37.1 Å². The molecule has 38 heavy (non-hydrogen) atoms. The molecule has 2 heterocycles. The van der Waals surface area contributed by atoms with Crippen LogP contribution in [0.25, 0.3) is 0 Å². The Bertz CT molecular complexity index is 1180. The number of carbonyl (C=O) groups is 2. The lowest BCUT2D eigenvalue weighted by Crippen LogP contribution is -2.45. The average Bonchev–Trinajstić information content (AvgIpc) is 3.44. The lowest BCUT2D eigenvalue weighted by Gasteiger charge is -2.32. The summed E-state index contributed by atoms with van der Waals surface area (Å²) in [4.78, 5) is 33.5. The standard InChI is InChI=1S/C26H31F3N6O3/c1-3-22(36)32-21-13-17(16-7-4-5-8-16)10-11-20(21)33-23-19(26(27,28)29)14-30-24(34-23)31-18-9-6-12-35(15-18)25(37)38-2/h3,10-11,13-14,16,18H,1,4-9,12,15H2,2H3,(H,32,36)(H2,30,31,33,34)/t18-/m0/s1. The van der Waals surface area contributed by atoms with Crippen molar-refractivity contribution in [1.29, 1.82) is 0 Å². The number of amides is 2. The van der Waals surface area contributed by atoms with Crippen molar-refractivity contribution in [2.75, 3.05) is 36.1 Å². The molecule has 1 aliphatic heterocycles. The quantitative estimate of drug-likeness (QED) is 0.395. The van der Waals surface area contributed by atoms with E-state index in [0.29, 0.717) is 43.7 Å². The monoisotopic (exact) mass is 532 g/mol. The Morgan fingerprint density at radius 3 is 2.61 bits per heavy atom. The van der Waals surface area contributed by atoms with Gasteiger partial charge in [-0.05, 0) is 55.4 Å². The van der Waals surface area contributed by atoms with Gasteiger partial charge in [-0.2, -0.15) is 18.2 Å². The van der Waals surface area contributed by atoms with Gasteiger partial charge in [0.15, 0.2) is 0 Å². The third kappa shape index (κ3) is 6.53. The van der Waals surface area contributed by atoms with Gasteiger partial charge < -0.3 is 25.6 Å². The Labute approximate surface area is 218 Å². The molecule has 1 atom stereocenters. The van der Waals surface area contributed by atoms with E-state index in [9.17, 15) is 22.8 Å². The molecule has 1 saturated carbocycles. The van der Waals surface area contributed by atoms with Crippen LogP contribution >= 0.6 is 0 Å². The molecule has 0 radical (unpaired) electrons. The van der Waals surface area contributed by atoms with Crippen molar-refractivity contribution >= 4 is 35.1 Å². The number of methoxy groups -OCH3 is 1. The summed E-state index contributed by atoms with van der Waals surface area (Å²) in [5.74, 6) is -0.621. The van der Waals surface area contributed by atoms with Gasteiger partial charge in [0.2, 0.25) is 11.9 Å². The second kappa shape index (κ2) is 11.7. The molecule has 1 aliphatic carbocycles. The van der Waals surface area contributed by atoms with Crippen molar-refractivity contribution in [3.63, 3.8) is 0 Å². The van der Waals surface area contributed by atoms with E-state index in [1.807, 2.05) is 6.07 Å². The van der Waals surface area contributed by atoms with Gasteiger partial charge in [0.05, 0.1) is 18.5 Å². The van der Waals surface area contributed by atoms with Gasteiger partial charge in [-0.25, -0.2) is 9.78 Å². The van der Waals surface area contributed by atoms with E-state index >= 15 is 0 Å². The molecule has 9 nitrogen and oxygen atoms in total. The first kappa shape index (κ1) is 27.2. The minimum Gasteiger partial charge on any atom is -0.453 e. The predicted molar refractivity (Wildman–Crippen MR) is 137 cm³/mol. The molecule has 3 N–H and O–H groups in total. The molecule has 12 heteroatoms. The smallest absolute Gasteiger partial charge is 0.421 e. The molecule has 1 aromatic carbocycles. The van der Waals surface area contributed by atoms with Crippen LogP contribution < -0.4 is 16.0 Å². The molecule has 2 aliphatic rings. The number of hydrogen-bond donors (Lipinski definition) is 3. The van der Waals surface area contributed by atoms with Crippen LogP contribution in [0.3, 0.4) is 0 Å². The summed E-state index contributed by atoms with van der Waals surface area (Å²) in [5, 5.41) is 8.49. The minimum absolute atomic E-state index is 0.0172. The van der Waals surface area contributed by atoms with E-state index in [4.69, 9.17) is 4.74 Å². The molecule has 2 fully saturated rings. The number of nitrogens with one attached hydrogen (secondary N) is 3. The van der Waals surface area contributed by atoms with Gasteiger partial charge in [0.25, 0.3) is 0 Å². The fraction of sp³-hybridized carbons (Fsp3) is 0.462. The van der Waals surface area contributed by atoms with Crippen molar-refractivity contribution < 1.29 is 27.5 Å². The van der Waals surface area contributed by atoms with Crippen LogP contribution in [-0.4, -0.2) is 53.1 Å². The number of alkyl halides is 3. The first-order valence-electron chi connectivity index (χ1n) is 12.6. The van der Waals surface area contributed by atoms with Crippen molar-refractivity contribution in [2.24, 2.45) is 0 Å². The number of likely N-dealkylation sites (tertiary alicyclic amines) is 1. The minimum atomic E-state index is -4.72. The van der Waals surface area contributed by atoms with Crippen LogP contribution in [0.1, 0.15) is 55.6 Å². The molecular formula is C26H31F3N6O3. The van der Waals surface area contributed by atoms with Crippen molar-refractivity contribution in [1.82, 2.24) is 14.9 Å². The Morgan fingerprint density at radius 1 is 1.16 bits per heavy atom.